The van der Waals surface area contributed by atoms with Crippen LogP contribution >= 0.6 is 0 Å². The fourth-order valence-corrected chi connectivity index (χ4v) is 1.95. The highest BCUT2D eigenvalue weighted by Crippen LogP contribution is 2.14. The molecule has 20 heavy (non-hydrogen) atoms. The summed E-state index contributed by atoms with van der Waals surface area (Å²) in [5, 5.41) is 9.19. The van der Waals surface area contributed by atoms with Crippen LogP contribution in [0, 0.1) is 11.3 Å². The smallest absolute Gasteiger partial charge is 0.166 e. The highest BCUT2D eigenvalue weighted by Gasteiger charge is 2.05. The lowest BCUT2D eigenvalue weighted by molar-refractivity contribution is 1.22. The van der Waals surface area contributed by atoms with E-state index in [4.69, 9.17) is 0 Å². The third-order valence-corrected chi connectivity index (χ3v) is 2.94. The highest BCUT2D eigenvalue weighted by molar-refractivity contribution is 5.78. The van der Waals surface area contributed by atoms with Gasteiger partial charge in [-0.15, -0.1) is 0 Å². The van der Waals surface area contributed by atoms with E-state index in [1.807, 2.05) is 66.7 Å². The first-order valence-corrected chi connectivity index (χ1v) is 6.27. The van der Waals surface area contributed by atoms with Gasteiger partial charge in [0.05, 0.1) is 11.0 Å². The van der Waals surface area contributed by atoms with Gasteiger partial charge in [-0.3, -0.25) is 0 Å². The first-order chi connectivity index (χ1) is 9.86. The molecule has 3 aromatic rings. The van der Waals surface area contributed by atoms with Crippen molar-refractivity contribution in [2.75, 3.05) is 0 Å². The van der Waals surface area contributed by atoms with Crippen LogP contribution in [0.3, 0.4) is 0 Å². The van der Waals surface area contributed by atoms with Crippen LogP contribution < -0.4 is 0 Å². The molecule has 0 N–H and O–H groups in total. The summed E-state index contributed by atoms with van der Waals surface area (Å²) in [5.41, 5.74) is 3.53. The average Bonchev–Trinajstić information content (AvgIpc) is 2.53. The lowest BCUT2D eigenvalue weighted by atomic mass is 10.2. The lowest BCUT2D eigenvalue weighted by Crippen LogP contribution is -1.94. The Bertz CT molecular complexity index is 815. The van der Waals surface area contributed by atoms with Crippen molar-refractivity contribution in [1.29, 1.82) is 5.26 Å². The largest absolute Gasteiger partial charge is 0.244 e. The quantitative estimate of drug-likeness (QED) is 0.703. The third-order valence-electron chi connectivity index (χ3n) is 2.94. The molecule has 3 rings (SSSR count). The van der Waals surface area contributed by atoms with Crippen molar-refractivity contribution in [3.05, 3.63) is 71.5 Å². The van der Waals surface area contributed by atoms with E-state index in [9.17, 15) is 5.26 Å². The Morgan fingerprint density at radius 1 is 0.800 bits per heavy atom. The van der Waals surface area contributed by atoms with Crippen molar-refractivity contribution in [1.82, 2.24) is 9.97 Å². The second kappa shape index (κ2) is 5.33. The summed E-state index contributed by atoms with van der Waals surface area (Å²) in [4.78, 5) is 8.82. The average molecular weight is 257 g/mol. The van der Waals surface area contributed by atoms with Gasteiger partial charge in [0.1, 0.15) is 11.8 Å². The van der Waals surface area contributed by atoms with Crippen molar-refractivity contribution < 1.29 is 0 Å². The standard InChI is InChI=1S/C17H11N3/c18-12-17-16(11-10-13-6-2-1-3-7-13)19-14-8-4-5-9-15(14)20-17/h1-11H. The molecule has 0 spiro atoms. The minimum atomic E-state index is 0.343. The number of hydrogen-bond acceptors (Lipinski definition) is 3. The van der Waals surface area contributed by atoms with E-state index in [0.29, 0.717) is 11.4 Å². The third kappa shape index (κ3) is 2.40. The fraction of sp³-hybridized carbons (Fsp3) is 0. The molecule has 0 aliphatic rings. The zero-order valence-corrected chi connectivity index (χ0v) is 10.7. The van der Waals surface area contributed by atoms with Gasteiger partial charge >= 0.3 is 0 Å². The summed E-state index contributed by atoms with van der Waals surface area (Å²) in [5.74, 6) is 0. The van der Waals surface area contributed by atoms with Crippen LogP contribution in [0.2, 0.25) is 0 Å². The Kier molecular flexibility index (Phi) is 3.22. The number of aromatic nitrogens is 2. The van der Waals surface area contributed by atoms with Crippen LogP contribution in [0.15, 0.2) is 54.6 Å². The van der Waals surface area contributed by atoms with Crippen LogP contribution in [-0.2, 0) is 0 Å². The molecule has 2 aromatic carbocycles. The van der Waals surface area contributed by atoms with E-state index >= 15 is 0 Å². The second-order valence-corrected chi connectivity index (χ2v) is 4.30. The minimum Gasteiger partial charge on any atom is -0.244 e. The molecule has 0 atom stereocenters. The van der Waals surface area contributed by atoms with E-state index in [1.54, 1.807) is 0 Å². The van der Waals surface area contributed by atoms with Crippen LogP contribution in [-0.4, -0.2) is 9.97 Å². The summed E-state index contributed by atoms with van der Waals surface area (Å²) in [6, 6.07) is 19.5. The monoisotopic (exact) mass is 257 g/mol. The van der Waals surface area contributed by atoms with E-state index in [2.05, 4.69) is 16.0 Å². The van der Waals surface area contributed by atoms with Gasteiger partial charge in [-0.25, -0.2) is 9.97 Å². The Balaban J connectivity index is 2.07. The van der Waals surface area contributed by atoms with Gasteiger partial charge in [0.15, 0.2) is 5.69 Å². The maximum atomic E-state index is 9.19. The van der Waals surface area contributed by atoms with Gasteiger partial charge < -0.3 is 0 Å². The van der Waals surface area contributed by atoms with Crippen LogP contribution in [0.25, 0.3) is 23.2 Å². The van der Waals surface area contributed by atoms with Crippen molar-refractivity contribution in [3.63, 3.8) is 0 Å². The van der Waals surface area contributed by atoms with Gasteiger partial charge in [-0.05, 0) is 23.8 Å². The summed E-state index contributed by atoms with van der Waals surface area (Å²) in [6.07, 6.45) is 3.76. The summed E-state index contributed by atoms with van der Waals surface area (Å²) < 4.78 is 0. The summed E-state index contributed by atoms with van der Waals surface area (Å²) in [7, 11) is 0. The topological polar surface area (TPSA) is 49.6 Å². The predicted molar refractivity (Wildman–Crippen MR) is 79.6 cm³/mol. The molecule has 0 fully saturated rings. The zero-order valence-electron chi connectivity index (χ0n) is 10.7. The molecule has 1 aromatic heterocycles. The molecule has 1 heterocycles. The molecule has 0 aliphatic heterocycles. The summed E-state index contributed by atoms with van der Waals surface area (Å²) >= 11 is 0. The molecule has 0 saturated carbocycles. The molecule has 0 amide bonds. The maximum Gasteiger partial charge on any atom is 0.166 e. The molecule has 0 radical (unpaired) electrons. The van der Waals surface area contributed by atoms with Gasteiger partial charge in [0.25, 0.3) is 0 Å². The van der Waals surface area contributed by atoms with Gasteiger partial charge in [0, 0.05) is 0 Å². The molecule has 0 aliphatic carbocycles. The minimum absolute atomic E-state index is 0.343. The molecule has 3 nitrogen and oxygen atoms in total. The molecular formula is C17H11N3. The molecular weight excluding hydrogens is 246 g/mol. The van der Waals surface area contributed by atoms with Crippen molar-refractivity contribution >= 4 is 23.2 Å². The zero-order chi connectivity index (χ0) is 13.8. The second-order valence-electron chi connectivity index (χ2n) is 4.30. The Labute approximate surface area is 116 Å². The number of hydrogen-bond donors (Lipinski definition) is 0. The molecule has 94 valence electrons. The van der Waals surface area contributed by atoms with E-state index < -0.39 is 0 Å². The highest BCUT2D eigenvalue weighted by atomic mass is 14.8. The fourth-order valence-electron chi connectivity index (χ4n) is 1.95. The van der Waals surface area contributed by atoms with Gasteiger partial charge in [0.2, 0.25) is 0 Å². The number of para-hydroxylation sites is 2. The Morgan fingerprint density at radius 3 is 2.15 bits per heavy atom. The van der Waals surface area contributed by atoms with E-state index in [-0.39, 0.29) is 0 Å². The maximum absolute atomic E-state index is 9.19. The predicted octanol–water partition coefficient (Wildman–Crippen LogP) is 3.67. The lowest BCUT2D eigenvalue weighted by Gasteiger charge is -2.00. The first kappa shape index (κ1) is 12.1. The van der Waals surface area contributed by atoms with Gasteiger partial charge in [-0.2, -0.15) is 5.26 Å². The Morgan fingerprint density at radius 2 is 1.45 bits per heavy atom. The van der Waals surface area contributed by atoms with E-state index in [0.717, 1.165) is 16.6 Å². The number of nitriles is 1. The van der Waals surface area contributed by atoms with Crippen molar-refractivity contribution in [2.24, 2.45) is 0 Å². The van der Waals surface area contributed by atoms with E-state index in [1.165, 1.54) is 0 Å². The molecule has 3 heteroatoms. The SMILES string of the molecule is N#Cc1nc2ccccc2nc1C=Cc1ccccc1. The van der Waals surface area contributed by atoms with Crippen LogP contribution in [0.1, 0.15) is 17.0 Å². The summed E-state index contributed by atoms with van der Waals surface area (Å²) in [6.45, 7) is 0. The van der Waals surface area contributed by atoms with Gasteiger partial charge in [-0.1, -0.05) is 48.5 Å². The number of nitrogens with zero attached hydrogens (tertiary/aromatic N) is 3. The van der Waals surface area contributed by atoms with Crippen LogP contribution in [0.4, 0.5) is 0 Å². The van der Waals surface area contributed by atoms with Crippen LogP contribution in [0.5, 0.6) is 0 Å². The Hall–Kier alpha value is -2.99. The normalized spacial score (nSPS) is 10.8. The number of benzene rings is 2. The molecule has 0 unspecified atom stereocenters. The molecule has 0 saturated heterocycles. The van der Waals surface area contributed by atoms with Crippen molar-refractivity contribution in [2.45, 2.75) is 0 Å². The van der Waals surface area contributed by atoms with Crippen molar-refractivity contribution in [3.8, 4) is 6.07 Å². The first-order valence-electron chi connectivity index (χ1n) is 6.27. The number of fused-ring (bicyclic) bond motifs is 1. The number of rotatable bonds is 2. The molecule has 0 bridgehead atoms.